The van der Waals surface area contributed by atoms with Gasteiger partial charge in [-0.05, 0) is 6.92 Å². The number of hydrogen-bond acceptors (Lipinski definition) is 2. The molecule has 80 valence electrons. The quantitative estimate of drug-likeness (QED) is 0.673. The van der Waals surface area contributed by atoms with E-state index in [2.05, 4.69) is 0 Å². The van der Waals surface area contributed by atoms with E-state index < -0.39 is 30.3 Å². The summed E-state index contributed by atoms with van der Waals surface area (Å²) in [5.74, 6) is -6.14. The number of carbonyl (C=O) groups excluding carboxylic acids is 1. The summed E-state index contributed by atoms with van der Waals surface area (Å²) in [5.41, 5.74) is 0. The monoisotopic (exact) mass is 207 g/mol. The average molecular weight is 207 g/mol. The highest BCUT2D eigenvalue weighted by molar-refractivity contribution is 5.96. The SMILES string of the molecule is CC(C(=O)O)C(=O)N1CCC(F)(F)C1. The molecule has 0 radical (unpaired) electrons. The first-order valence-electron chi connectivity index (χ1n) is 4.23. The van der Waals surface area contributed by atoms with Gasteiger partial charge in [-0.15, -0.1) is 0 Å². The Hall–Kier alpha value is -1.20. The molecule has 1 aliphatic rings. The molecule has 1 rings (SSSR count). The molecule has 1 N–H and O–H groups in total. The lowest BCUT2D eigenvalue weighted by molar-refractivity contribution is -0.150. The van der Waals surface area contributed by atoms with E-state index in [1.165, 1.54) is 6.92 Å². The van der Waals surface area contributed by atoms with Crippen molar-refractivity contribution in [3.63, 3.8) is 0 Å². The molecule has 1 amide bonds. The minimum Gasteiger partial charge on any atom is -0.481 e. The van der Waals surface area contributed by atoms with Gasteiger partial charge in [-0.25, -0.2) is 8.78 Å². The Morgan fingerprint density at radius 2 is 2.07 bits per heavy atom. The standard InChI is InChI=1S/C8H11F2NO3/c1-5(7(13)14)6(12)11-3-2-8(9,10)4-11/h5H,2-4H2,1H3,(H,13,14). The summed E-state index contributed by atoms with van der Waals surface area (Å²) in [6.07, 6.45) is -0.384. The molecular weight excluding hydrogens is 196 g/mol. The number of aliphatic carboxylic acids is 1. The van der Waals surface area contributed by atoms with Gasteiger partial charge in [-0.3, -0.25) is 9.59 Å². The van der Waals surface area contributed by atoms with Crippen molar-refractivity contribution in [3.05, 3.63) is 0 Å². The number of likely N-dealkylation sites (tertiary alicyclic amines) is 1. The number of rotatable bonds is 2. The summed E-state index contributed by atoms with van der Waals surface area (Å²) in [6, 6.07) is 0. The van der Waals surface area contributed by atoms with Crippen molar-refractivity contribution in [2.75, 3.05) is 13.1 Å². The van der Waals surface area contributed by atoms with E-state index in [1.807, 2.05) is 0 Å². The van der Waals surface area contributed by atoms with Crippen LogP contribution >= 0.6 is 0 Å². The van der Waals surface area contributed by atoms with E-state index in [-0.39, 0.29) is 13.0 Å². The van der Waals surface area contributed by atoms with Crippen LogP contribution in [0.4, 0.5) is 8.78 Å². The molecule has 0 bridgehead atoms. The smallest absolute Gasteiger partial charge is 0.315 e. The molecule has 1 heterocycles. The summed E-state index contributed by atoms with van der Waals surface area (Å²) in [5, 5.41) is 8.51. The second kappa shape index (κ2) is 3.51. The van der Waals surface area contributed by atoms with E-state index >= 15 is 0 Å². The molecular formula is C8H11F2NO3. The van der Waals surface area contributed by atoms with Crippen LogP contribution in [0.2, 0.25) is 0 Å². The first kappa shape index (κ1) is 10.9. The molecule has 1 unspecified atom stereocenters. The predicted octanol–water partition coefficient (Wildman–Crippen LogP) is 0.575. The van der Waals surface area contributed by atoms with Gasteiger partial charge in [0.2, 0.25) is 5.91 Å². The second-order valence-corrected chi connectivity index (χ2v) is 3.43. The van der Waals surface area contributed by atoms with Gasteiger partial charge in [0.15, 0.2) is 0 Å². The van der Waals surface area contributed by atoms with Crippen LogP contribution in [0.5, 0.6) is 0 Å². The van der Waals surface area contributed by atoms with Crippen molar-refractivity contribution in [1.82, 2.24) is 4.90 Å². The van der Waals surface area contributed by atoms with Gasteiger partial charge in [0, 0.05) is 13.0 Å². The second-order valence-electron chi connectivity index (χ2n) is 3.43. The van der Waals surface area contributed by atoms with Gasteiger partial charge >= 0.3 is 5.97 Å². The largest absolute Gasteiger partial charge is 0.481 e. The van der Waals surface area contributed by atoms with Gasteiger partial charge in [0.25, 0.3) is 5.92 Å². The maximum Gasteiger partial charge on any atom is 0.315 e. The van der Waals surface area contributed by atoms with Crippen LogP contribution in [0.3, 0.4) is 0 Å². The fourth-order valence-corrected chi connectivity index (χ4v) is 1.30. The lowest BCUT2D eigenvalue weighted by Crippen LogP contribution is -2.38. The fourth-order valence-electron chi connectivity index (χ4n) is 1.30. The minimum absolute atomic E-state index is 0.0660. The predicted molar refractivity (Wildman–Crippen MR) is 42.9 cm³/mol. The topological polar surface area (TPSA) is 57.6 Å². The normalized spacial score (nSPS) is 22.1. The third kappa shape index (κ3) is 2.18. The number of carbonyl (C=O) groups is 2. The molecule has 1 fully saturated rings. The first-order chi connectivity index (χ1) is 6.33. The lowest BCUT2D eigenvalue weighted by atomic mass is 10.1. The minimum atomic E-state index is -2.87. The molecule has 0 aliphatic carbocycles. The molecule has 1 saturated heterocycles. The molecule has 0 aromatic carbocycles. The van der Waals surface area contributed by atoms with Crippen molar-refractivity contribution in [1.29, 1.82) is 0 Å². The maximum absolute atomic E-state index is 12.7. The van der Waals surface area contributed by atoms with Crippen LogP contribution in [0.25, 0.3) is 0 Å². The van der Waals surface area contributed by atoms with Gasteiger partial charge in [-0.1, -0.05) is 0 Å². The zero-order valence-electron chi connectivity index (χ0n) is 7.67. The number of nitrogens with zero attached hydrogens (tertiary/aromatic N) is 1. The summed E-state index contributed by atoms with van der Waals surface area (Å²) in [4.78, 5) is 22.6. The Labute approximate surface area is 79.5 Å². The molecule has 0 aromatic rings. The van der Waals surface area contributed by atoms with Crippen molar-refractivity contribution in [2.45, 2.75) is 19.3 Å². The maximum atomic E-state index is 12.7. The lowest BCUT2D eigenvalue weighted by Gasteiger charge is -2.18. The Bertz CT molecular complexity index is 267. The third-order valence-electron chi connectivity index (χ3n) is 2.22. The van der Waals surface area contributed by atoms with Crippen LogP contribution in [0, 0.1) is 5.92 Å². The van der Waals surface area contributed by atoms with E-state index in [9.17, 15) is 18.4 Å². The summed E-state index contributed by atoms with van der Waals surface area (Å²) in [6.45, 7) is 0.466. The summed E-state index contributed by atoms with van der Waals surface area (Å²) >= 11 is 0. The first-order valence-corrected chi connectivity index (χ1v) is 4.23. The molecule has 14 heavy (non-hydrogen) atoms. The van der Waals surface area contributed by atoms with Crippen LogP contribution < -0.4 is 0 Å². The van der Waals surface area contributed by atoms with Crippen LogP contribution in [0.15, 0.2) is 0 Å². The van der Waals surface area contributed by atoms with E-state index in [0.29, 0.717) is 0 Å². The Morgan fingerprint density at radius 3 is 2.43 bits per heavy atom. The van der Waals surface area contributed by atoms with Crippen LogP contribution in [0.1, 0.15) is 13.3 Å². The molecule has 4 nitrogen and oxygen atoms in total. The van der Waals surface area contributed by atoms with E-state index in [4.69, 9.17) is 5.11 Å². The van der Waals surface area contributed by atoms with Gasteiger partial charge < -0.3 is 10.0 Å². The van der Waals surface area contributed by atoms with Gasteiger partial charge in [0.05, 0.1) is 6.54 Å². The molecule has 6 heteroatoms. The van der Waals surface area contributed by atoms with Gasteiger partial charge in [0.1, 0.15) is 5.92 Å². The number of carboxylic acids is 1. The summed E-state index contributed by atoms with van der Waals surface area (Å²) < 4.78 is 25.4. The van der Waals surface area contributed by atoms with E-state index in [1.54, 1.807) is 0 Å². The Kier molecular flexibility index (Phi) is 2.73. The number of amides is 1. The number of alkyl halides is 2. The van der Waals surface area contributed by atoms with Crippen LogP contribution in [-0.2, 0) is 9.59 Å². The van der Waals surface area contributed by atoms with Crippen molar-refractivity contribution >= 4 is 11.9 Å². The zero-order valence-corrected chi connectivity index (χ0v) is 7.67. The van der Waals surface area contributed by atoms with Crippen molar-refractivity contribution in [2.24, 2.45) is 5.92 Å². The molecule has 1 aliphatic heterocycles. The Morgan fingerprint density at radius 1 is 1.50 bits per heavy atom. The third-order valence-corrected chi connectivity index (χ3v) is 2.22. The number of halogens is 2. The average Bonchev–Trinajstić information content (AvgIpc) is 2.43. The molecule has 1 atom stereocenters. The Balaban J connectivity index is 2.60. The molecule has 0 aromatic heterocycles. The number of hydrogen-bond donors (Lipinski definition) is 1. The fraction of sp³-hybridized carbons (Fsp3) is 0.750. The molecule has 0 saturated carbocycles. The van der Waals surface area contributed by atoms with Crippen molar-refractivity contribution < 1.29 is 23.5 Å². The molecule has 0 spiro atoms. The van der Waals surface area contributed by atoms with Gasteiger partial charge in [-0.2, -0.15) is 0 Å². The van der Waals surface area contributed by atoms with E-state index in [0.717, 1.165) is 4.90 Å². The highest BCUT2D eigenvalue weighted by atomic mass is 19.3. The highest BCUT2D eigenvalue weighted by Crippen LogP contribution is 2.27. The van der Waals surface area contributed by atoms with Crippen molar-refractivity contribution in [3.8, 4) is 0 Å². The highest BCUT2D eigenvalue weighted by Gasteiger charge is 2.42. The van der Waals surface area contributed by atoms with Crippen LogP contribution in [-0.4, -0.2) is 40.9 Å². The number of carboxylic acid groups (broad SMARTS) is 1. The summed E-state index contributed by atoms with van der Waals surface area (Å²) in [7, 11) is 0. The zero-order chi connectivity index (χ0) is 10.9.